The van der Waals surface area contributed by atoms with E-state index in [9.17, 15) is 9.18 Å². The number of benzene rings is 1. The van der Waals surface area contributed by atoms with Crippen molar-refractivity contribution in [3.05, 3.63) is 58.8 Å². The van der Waals surface area contributed by atoms with Crippen LogP contribution in [0.15, 0.2) is 47.4 Å². The van der Waals surface area contributed by atoms with Gasteiger partial charge in [0.1, 0.15) is 11.6 Å². The van der Waals surface area contributed by atoms with E-state index in [1.807, 2.05) is 0 Å². The number of aryl methyl sites for hydroxylation is 1. The molecule has 0 unspecified atom stereocenters. The molecule has 0 bridgehead atoms. The maximum absolute atomic E-state index is 13.0. The normalized spacial score (nSPS) is 10.4. The van der Waals surface area contributed by atoms with E-state index < -0.39 is 5.82 Å². The van der Waals surface area contributed by atoms with Crippen LogP contribution in [0.1, 0.15) is 6.42 Å². The Morgan fingerprint density at radius 2 is 1.89 bits per heavy atom. The second-order valence-electron chi connectivity index (χ2n) is 4.15. The highest BCUT2D eigenvalue weighted by Gasteiger charge is 1.99. The monoisotopic (exact) mass is 262 g/mol. The number of pyridine rings is 1. The Morgan fingerprint density at radius 3 is 2.63 bits per heavy atom. The molecule has 0 radical (unpaired) electrons. The van der Waals surface area contributed by atoms with Crippen LogP contribution in [0.25, 0.3) is 0 Å². The predicted octanol–water partition coefficient (Wildman–Crippen LogP) is 2.04. The van der Waals surface area contributed by atoms with Gasteiger partial charge in [0.2, 0.25) is 0 Å². The van der Waals surface area contributed by atoms with Gasteiger partial charge in [0, 0.05) is 24.5 Å². The molecule has 19 heavy (non-hydrogen) atoms. The molecule has 5 heteroatoms. The largest absolute Gasteiger partial charge is 0.494 e. The summed E-state index contributed by atoms with van der Waals surface area (Å²) in [7, 11) is 0. The third kappa shape index (κ3) is 3.84. The first kappa shape index (κ1) is 13.1. The van der Waals surface area contributed by atoms with Crippen LogP contribution in [-0.4, -0.2) is 11.2 Å². The molecule has 0 aliphatic rings. The Balaban J connectivity index is 1.82. The number of rotatable bonds is 5. The van der Waals surface area contributed by atoms with Gasteiger partial charge in [0.15, 0.2) is 0 Å². The fourth-order valence-electron chi connectivity index (χ4n) is 1.67. The minimum absolute atomic E-state index is 0.214. The molecule has 0 saturated heterocycles. The standard InChI is InChI=1S/C14H15FN2O2/c15-11-2-7-14(18)17(10-11)8-1-9-19-13-5-3-12(16)4-6-13/h2-7,10H,1,8-9,16H2. The van der Waals surface area contributed by atoms with Crippen LogP contribution in [0.2, 0.25) is 0 Å². The second kappa shape index (κ2) is 6.04. The Kier molecular flexibility index (Phi) is 4.18. The van der Waals surface area contributed by atoms with Gasteiger partial charge in [-0.1, -0.05) is 0 Å². The zero-order valence-electron chi connectivity index (χ0n) is 10.4. The van der Waals surface area contributed by atoms with Crippen molar-refractivity contribution in [1.29, 1.82) is 0 Å². The van der Waals surface area contributed by atoms with E-state index in [0.29, 0.717) is 25.3 Å². The molecule has 0 aliphatic heterocycles. The number of anilines is 1. The van der Waals surface area contributed by atoms with E-state index in [1.54, 1.807) is 24.3 Å². The number of nitrogens with two attached hydrogens (primary N) is 1. The molecular weight excluding hydrogens is 247 g/mol. The van der Waals surface area contributed by atoms with Gasteiger partial charge in [-0.15, -0.1) is 0 Å². The summed E-state index contributed by atoms with van der Waals surface area (Å²) in [5.41, 5.74) is 6.02. The number of halogens is 1. The Hall–Kier alpha value is -2.30. The highest BCUT2D eigenvalue weighted by Crippen LogP contribution is 2.13. The highest BCUT2D eigenvalue weighted by molar-refractivity contribution is 5.41. The van der Waals surface area contributed by atoms with Crippen molar-refractivity contribution in [3.8, 4) is 5.75 Å². The van der Waals surface area contributed by atoms with Gasteiger partial charge in [0.05, 0.1) is 6.61 Å². The van der Waals surface area contributed by atoms with Crippen LogP contribution < -0.4 is 16.0 Å². The summed E-state index contributed by atoms with van der Waals surface area (Å²) in [5.74, 6) is 0.305. The molecule has 0 amide bonds. The quantitative estimate of drug-likeness (QED) is 0.662. The van der Waals surface area contributed by atoms with Crippen molar-refractivity contribution >= 4 is 5.69 Å². The van der Waals surface area contributed by atoms with Crippen molar-refractivity contribution < 1.29 is 9.13 Å². The molecule has 1 aromatic heterocycles. The first-order chi connectivity index (χ1) is 9.15. The van der Waals surface area contributed by atoms with E-state index in [-0.39, 0.29) is 5.56 Å². The molecular formula is C14H15FN2O2. The van der Waals surface area contributed by atoms with E-state index in [4.69, 9.17) is 10.5 Å². The average molecular weight is 262 g/mol. The van der Waals surface area contributed by atoms with E-state index in [1.165, 1.54) is 16.8 Å². The van der Waals surface area contributed by atoms with Gasteiger partial charge in [-0.25, -0.2) is 4.39 Å². The lowest BCUT2D eigenvalue weighted by molar-refractivity contribution is 0.300. The molecule has 4 nitrogen and oxygen atoms in total. The summed E-state index contributed by atoms with van der Waals surface area (Å²) in [4.78, 5) is 11.4. The minimum atomic E-state index is -0.418. The maximum atomic E-state index is 13.0. The molecule has 2 aromatic rings. The van der Waals surface area contributed by atoms with E-state index in [0.717, 1.165) is 11.8 Å². The minimum Gasteiger partial charge on any atom is -0.494 e. The van der Waals surface area contributed by atoms with Crippen LogP contribution in [0, 0.1) is 5.82 Å². The topological polar surface area (TPSA) is 57.2 Å². The summed E-state index contributed by atoms with van der Waals surface area (Å²) < 4.78 is 19.8. The molecule has 0 aliphatic carbocycles. The lowest BCUT2D eigenvalue weighted by Crippen LogP contribution is -2.20. The first-order valence-electron chi connectivity index (χ1n) is 5.99. The van der Waals surface area contributed by atoms with Crippen molar-refractivity contribution in [3.63, 3.8) is 0 Å². The third-order valence-corrected chi connectivity index (χ3v) is 2.64. The SMILES string of the molecule is Nc1ccc(OCCCn2cc(F)ccc2=O)cc1. The van der Waals surface area contributed by atoms with Crippen LogP contribution in [0.5, 0.6) is 5.75 Å². The average Bonchev–Trinajstić information content (AvgIpc) is 2.40. The highest BCUT2D eigenvalue weighted by atomic mass is 19.1. The molecule has 2 rings (SSSR count). The Morgan fingerprint density at radius 1 is 1.16 bits per heavy atom. The van der Waals surface area contributed by atoms with Crippen molar-refractivity contribution in [1.82, 2.24) is 4.57 Å². The van der Waals surface area contributed by atoms with Crippen LogP contribution in [-0.2, 0) is 6.54 Å². The number of hydrogen-bond acceptors (Lipinski definition) is 3. The predicted molar refractivity (Wildman–Crippen MR) is 71.6 cm³/mol. The van der Waals surface area contributed by atoms with Crippen LogP contribution in [0.4, 0.5) is 10.1 Å². The van der Waals surface area contributed by atoms with Crippen molar-refractivity contribution in [2.45, 2.75) is 13.0 Å². The molecule has 0 spiro atoms. The second-order valence-corrected chi connectivity index (χ2v) is 4.15. The maximum Gasteiger partial charge on any atom is 0.250 e. The molecule has 0 fully saturated rings. The lowest BCUT2D eigenvalue weighted by atomic mass is 10.3. The van der Waals surface area contributed by atoms with Crippen LogP contribution >= 0.6 is 0 Å². The first-order valence-corrected chi connectivity index (χ1v) is 5.99. The van der Waals surface area contributed by atoms with Gasteiger partial charge < -0.3 is 15.0 Å². The number of nitrogen functional groups attached to an aromatic ring is 1. The van der Waals surface area contributed by atoms with E-state index in [2.05, 4.69) is 0 Å². The Bertz CT molecular complexity index is 593. The fourth-order valence-corrected chi connectivity index (χ4v) is 1.67. The molecule has 1 heterocycles. The van der Waals surface area contributed by atoms with Crippen LogP contribution in [0.3, 0.4) is 0 Å². The van der Waals surface area contributed by atoms with Gasteiger partial charge in [0.25, 0.3) is 5.56 Å². The van der Waals surface area contributed by atoms with Gasteiger partial charge in [-0.05, 0) is 36.8 Å². The number of hydrogen-bond donors (Lipinski definition) is 1. The molecule has 0 saturated carbocycles. The number of nitrogens with zero attached hydrogens (tertiary/aromatic N) is 1. The zero-order chi connectivity index (χ0) is 13.7. The molecule has 0 atom stereocenters. The lowest BCUT2D eigenvalue weighted by Gasteiger charge is -2.08. The number of aromatic nitrogens is 1. The summed E-state index contributed by atoms with van der Waals surface area (Å²) >= 11 is 0. The molecule has 100 valence electrons. The third-order valence-electron chi connectivity index (χ3n) is 2.64. The molecule has 1 aromatic carbocycles. The number of ether oxygens (including phenoxy) is 1. The van der Waals surface area contributed by atoms with E-state index >= 15 is 0 Å². The summed E-state index contributed by atoms with van der Waals surface area (Å²) in [5, 5.41) is 0. The smallest absolute Gasteiger partial charge is 0.250 e. The van der Waals surface area contributed by atoms with Gasteiger partial charge in [-0.2, -0.15) is 0 Å². The summed E-state index contributed by atoms with van der Waals surface area (Å²) in [6.07, 6.45) is 1.82. The Labute approximate surface area is 110 Å². The van der Waals surface area contributed by atoms with Crippen molar-refractivity contribution in [2.75, 3.05) is 12.3 Å². The summed E-state index contributed by atoms with van der Waals surface area (Å²) in [6, 6.07) is 9.45. The fraction of sp³-hybridized carbons (Fsp3) is 0.214. The zero-order valence-corrected chi connectivity index (χ0v) is 10.4. The van der Waals surface area contributed by atoms with Crippen molar-refractivity contribution in [2.24, 2.45) is 0 Å². The summed E-state index contributed by atoms with van der Waals surface area (Å²) in [6.45, 7) is 0.873. The van der Waals surface area contributed by atoms with Gasteiger partial charge >= 0.3 is 0 Å². The van der Waals surface area contributed by atoms with Gasteiger partial charge in [-0.3, -0.25) is 4.79 Å². The molecule has 2 N–H and O–H groups in total.